The van der Waals surface area contributed by atoms with Gasteiger partial charge in [0, 0.05) is 18.2 Å². The first-order valence-electron chi connectivity index (χ1n) is 8.64. The van der Waals surface area contributed by atoms with Crippen molar-refractivity contribution in [2.75, 3.05) is 0 Å². The van der Waals surface area contributed by atoms with E-state index in [9.17, 15) is 13.6 Å². The van der Waals surface area contributed by atoms with Gasteiger partial charge in [-0.2, -0.15) is 0 Å². The van der Waals surface area contributed by atoms with Crippen LogP contribution in [0.2, 0.25) is 5.28 Å². The topological polar surface area (TPSA) is 55.7 Å². The summed E-state index contributed by atoms with van der Waals surface area (Å²) in [6.07, 6.45) is 1.41. The van der Waals surface area contributed by atoms with Crippen molar-refractivity contribution in [2.45, 2.75) is 6.42 Å². The smallest absolute Gasteiger partial charge is 0.222 e. The maximum absolute atomic E-state index is 13.9. The van der Waals surface area contributed by atoms with E-state index >= 15 is 0 Å². The van der Waals surface area contributed by atoms with Crippen molar-refractivity contribution in [3.8, 4) is 21.8 Å². The Hall–Kier alpha value is -2.55. The van der Waals surface area contributed by atoms with Gasteiger partial charge in [0.1, 0.15) is 11.6 Å². The Morgan fingerprint density at radius 1 is 1.07 bits per heavy atom. The third-order valence-electron chi connectivity index (χ3n) is 4.27. The molecule has 2 aromatic heterocycles. The van der Waals surface area contributed by atoms with Crippen LogP contribution in [0, 0.1) is 11.6 Å². The van der Waals surface area contributed by atoms with Crippen molar-refractivity contribution in [3.05, 3.63) is 86.7 Å². The summed E-state index contributed by atoms with van der Waals surface area (Å²) < 4.78 is 28.5. The van der Waals surface area contributed by atoms with Crippen molar-refractivity contribution in [3.63, 3.8) is 0 Å². The number of halogens is 4. The van der Waals surface area contributed by atoms with Crippen LogP contribution in [0.5, 0.6) is 0 Å². The number of hydrogen-bond acceptors (Lipinski definition) is 5. The molecule has 0 fully saturated rings. The van der Waals surface area contributed by atoms with Gasteiger partial charge in [-0.3, -0.25) is 4.79 Å². The fourth-order valence-electron chi connectivity index (χ4n) is 2.99. The molecule has 0 saturated heterocycles. The van der Waals surface area contributed by atoms with E-state index in [1.54, 1.807) is 30.5 Å². The molecule has 0 atom stereocenters. The van der Waals surface area contributed by atoms with Crippen LogP contribution in [-0.4, -0.2) is 20.7 Å². The molecule has 150 valence electrons. The Labute approximate surface area is 187 Å². The molecule has 0 N–H and O–H groups in total. The van der Waals surface area contributed by atoms with Crippen molar-refractivity contribution in [1.82, 2.24) is 15.0 Å². The van der Waals surface area contributed by atoms with Crippen LogP contribution in [0.3, 0.4) is 0 Å². The molecule has 2 aromatic carbocycles. The van der Waals surface area contributed by atoms with Gasteiger partial charge in [0.05, 0.1) is 21.8 Å². The zero-order valence-electron chi connectivity index (χ0n) is 15.1. The number of hydrogen-bond donors (Lipinski definition) is 0. The van der Waals surface area contributed by atoms with Crippen molar-refractivity contribution in [1.29, 1.82) is 0 Å². The number of carbonyl (C=O) groups is 1. The van der Waals surface area contributed by atoms with Gasteiger partial charge in [-0.15, -0.1) is 11.3 Å². The van der Waals surface area contributed by atoms with Crippen LogP contribution in [0.15, 0.2) is 58.6 Å². The molecule has 0 radical (unpaired) electrons. The van der Waals surface area contributed by atoms with E-state index < -0.39 is 23.0 Å². The van der Waals surface area contributed by atoms with Crippen LogP contribution in [0.1, 0.15) is 15.9 Å². The van der Waals surface area contributed by atoms with Crippen LogP contribution >= 0.6 is 38.9 Å². The zero-order valence-corrected chi connectivity index (χ0v) is 18.2. The maximum atomic E-state index is 13.9. The van der Waals surface area contributed by atoms with E-state index in [2.05, 4.69) is 30.9 Å². The summed E-state index contributed by atoms with van der Waals surface area (Å²) in [6, 6.07) is 12.2. The average Bonchev–Trinajstić information content (AvgIpc) is 3.10. The fraction of sp³-hybridized carbons (Fsp3) is 0.0476. The highest BCUT2D eigenvalue weighted by Crippen LogP contribution is 2.38. The molecule has 4 aromatic rings. The number of ketones is 1. The highest BCUT2D eigenvalue weighted by Gasteiger charge is 2.19. The first kappa shape index (κ1) is 20.7. The minimum Gasteiger partial charge on any atom is -0.294 e. The fourth-order valence-corrected chi connectivity index (χ4v) is 4.59. The Morgan fingerprint density at radius 3 is 2.53 bits per heavy atom. The number of Topliss-reactive ketones (excluding diaryl/α,β-unsaturated/α-hetero) is 1. The van der Waals surface area contributed by atoms with Gasteiger partial charge in [-0.25, -0.2) is 23.7 Å². The Morgan fingerprint density at radius 2 is 1.80 bits per heavy atom. The molecule has 0 aliphatic heterocycles. The second-order valence-corrected chi connectivity index (χ2v) is 8.87. The highest BCUT2D eigenvalue weighted by molar-refractivity contribution is 9.11. The number of thiazole rings is 1. The number of carbonyl (C=O) groups excluding carboxylic acids is 1. The Kier molecular flexibility index (Phi) is 5.99. The lowest BCUT2D eigenvalue weighted by atomic mass is 9.99. The molecule has 2 heterocycles. The van der Waals surface area contributed by atoms with E-state index in [1.165, 1.54) is 17.4 Å². The number of rotatable bonds is 5. The van der Waals surface area contributed by atoms with E-state index in [0.717, 1.165) is 22.6 Å². The normalized spacial score (nSPS) is 10.9. The minimum atomic E-state index is -0.873. The lowest BCUT2D eigenvalue weighted by Gasteiger charge is -2.07. The molecule has 0 amide bonds. The van der Waals surface area contributed by atoms with Crippen LogP contribution < -0.4 is 0 Å². The Bertz CT molecular complexity index is 1240. The van der Waals surface area contributed by atoms with E-state index in [-0.39, 0.29) is 11.7 Å². The van der Waals surface area contributed by atoms with E-state index in [1.807, 2.05) is 6.07 Å². The highest BCUT2D eigenvalue weighted by atomic mass is 79.9. The molecular weight excluding hydrogens is 496 g/mol. The Balaban J connectivity index is 1.69. The van der Waals surface area contributed by atoms with Gasteiger partial charge < -0.3 is 0 Å². The zero-order chi connectivity index (χ0) is 21.3. The summed E-state index contributed by atoms with van der Waals surface area (Å²) in [7, 11) is 0. The maximum Gasteiger partial charge on any atom is 0.222 e. The average molecular weight is 507 g/mol. The summed E-state index contributed by atoms with van der Waals surface area (Å²) in [5.74, 6) is -2.38. The van der Waals surface area contributed by atoms with Gasteiger partial charge in [0.25, 0.3) is 0 Å². The van der Waals surface area contributed by atoms with Crippen LogP contribution in [0.25, 0.3) is 21.8 Å². The molecule has 4 nitrogen and oxygen atoms in total. The number of aromatic nitrogens is 3. The molecule has 9 heteroatoms. The van der Waals surface area contributed by atoms with Gasteiger partial charge >= 0.3 is 0 Å². The summed E-state index contributed by atoms with van der Waals surface area (Å²) in [5, 5.41) is 0.120. The van der Waals surface area contributed by atoms with Crippen molar-refractivity contribution < 1.29 is 13.6 Å². The molecular formula is C21H11BrClF2N3OS. The molecule has 0 aliphatic rings. The molecule has 4 rings (SSSR count). The summed E-state index contributed by atoms with van der Waals surface area (Å²) in [4.78, 5) is 25.9. The predicted octanol–water partition coefficient (Wildman–Crippen LogP) is 6.39. The standard InChI is InChI=1S/C21H11BrClF2N3OS/c22-20-28-18(19(30-20)15-7-8-26-21(23)27-15)12-4-1-3-11(9-12)10-16(29)17-13(24)5-2-6-14(17)25/h1-9H,10H2. The summed E-state index contributed by atoms with van der Waals surface area (Å²) >= 11 is 10.7. The van der Waals surface area contributed by atoms with E-state index in [0.29, 0.717) is 20.9 Å². The van der Waals surface area contributed by atoms with Crippen LogP contribution in [-0.2, 0) is 6.42 Å². The van der Waals surface area contributed by atoms with Gasteiger partial charge in [-0.1, -0.05) is 24.3 Å². The monoisotopic (exact) mass is 505 g/mol. The molecule has 0 bridgehead atoms. The molecule has 0 saturated carbocycles. The molecule has 30 heavy (non-hydrogen) atoms. The molecule has 0 unspecified atom stereocenters. The summed E-state index contributed by atoms with van der Waals surface area (Å²) in [6.45, 7) is 0. The van der Waals surface area contributed by atoms with Gasteiger partial charge in [-0.05, 0) is 57.4 Å². The minimum absolute atomic E-state index is 0.120. The predicted molar refractivity (Wildman–Crippen MR) is 116 cm³/mol. The third-order valence-corrected chi connectivity index (χ3v) is 5.98. The quantitative estimate of drug-likeness (QED) is 0.233. The van der Waals surface area contributed by atoms with E-state index in [4.69, 9.17) is 11.6 Å². The van der Waals surface area contributed by atoms with Crippen LogP contribution in [0.4, 0.5) is 8.78 Å². The lowest BCUT2D eigenvalue weighted by molar-refractivity contribution is 0.0985. The number of nitrogens with zero attached hydrogens (tertiary/aromatic N) is 3. The number of benzene rings is 2. The largest absolute Gasteiger partial charge is 0.294 e. The first-order chi connectivity index (χ1) is 14.4. The second-order valence-electron chi connectivity index (χ2n) is 6.25. The molecule has 0 spiro atoms. The molecule has 0 aliphatic carbocycles. The van der Waals surface area contributed by atoms with Gasteiger partial charge in [0.15, 0.2) is 9.70 Å². The third kappa shape index (κ3) is 4.30. The van der Waals surface area contributed by atoms with Crippen molar-refractivity contribution >= 4 is 44.7 Å². The SMILES string of the molecule is O=C(Cc1cccc(-c2nc(Br)sc2-c2ccnc(Cl)n2)c1)c1c(F)cccc1F. The second kappa shape index (κ2) is 8.67. The lowest BCUT2D eigenvalue weighted by Crippen LogP contribution is -2.09. The van der Waals surface area contributed by atoms with Crippen molar-refractivity contribution in [2.24, 2.45) is 0 Å². The van der Waals surface area contributed by atoms with Gasteiger partial charge in [0.2, 0.25) is 5.28 Å². The first-order valence-corrected chi connectivity index (χ1v) is 10.6. The summed E-state index contributed by atoms with van der Waals surface area (Å²) in [5.41, 5.74) is 2.07.